The minimum Gasteiger partial charge on any atom is -0.396 e. The van der Waals surface area contributed by atoms with Crippen molar-refractivity contribution in [2.75, 3.05) is 32.1 Å². The van der Waals surface area contributed by atoms with Gasteiger partial charge in [-0.3, -0.25) is 4.79 Å². The number of aliphatic hydroxyl groups is 1. The third kappa shape index (κ3) is 2.61. The fourth-order valence-corrected chi connectivity index (χ4v) is 2.27. The van der Waals surface area contributed by atoms with Crippen LogP contribution in [-0.2, 0) is 0 Å². The van der Waals surface area contributed by atoms with Crippen LogP contribution in [0.2, 0.25) is 0 Å². The number of amides is 1. The lowest BCUT2D eigenvalue weighted by atomic mass is 9.97. The number of hydrogen-bond acceptors (Lipinski definition) is 4. The number of anilines is 1. The van der Waals surface area contributed by atoms with Gasteiger partial charge in [-0.1, -0.05) is 0 Å². The summed E-state index contributed by atoms with van der Waals surface area (Å²) in [6.45, 7) is 1.64. The molecule has 0 bridgehead atoms. The SMILES string of the molecule is CNc1ncccc1C(=O)N1CCC(CO)CC1. The van der Waals surface area contributed by atoms with E-state index in [4.69, 9.17) is 5.11 Å². The third-order valence-electron chi connectivity index (χ3n) is 3.43. The number of aromatic nitrogens is 1. The largest absolute Gasteiger partial charge is 0.396 e. The Morgan fingerprint density at radius 1 is 1.56 bits per heavy atom. The Kier molecular flexibility index (Phi) is 4.15. The van der Waals surface area contributed by atoms with E-state index >= 15 is 0 Å². The van der Waals surface area contributed by atoms with Gasteiger partial charge in [-0.2, -0.15) is 0 Å². The summed E-state index contributed by atoms with van der Waals surface area (Å²) in [4.78, 5) is 18.3. The maximum absolute atomic E-state index is 12.4. The quantitative estimate of drug-likeness (QED) is 0.837. The first-order chi connectivity index (χ1) is 8.76. The molecular formula is C13H19N3O2. The zero-order chi connectivity index (χ0) is 13.0. The van der Waals surface area contributed by atoms with Crippen LogP contribution in [-0.4, -0.2) is 47.6 Å². The lowest BCUT2D eigenvalue weighted by Gasteiger charge is -2.31. The highest BCUT2D eigenvalue weighted by molar-refractivity contribution is 5.98. The minimum atomic E-state index is 0.0174. The Morgan fingerprint density at radius 3 is 2.89 bits per heavy atom. The number of carbonyl (C=O) groups excluding carboxylic acids is 1. The van der Waals surface area contributed by atoms with Gasteiger partial charge in [-0.25, -0.2) is 4.98 Å². The Bertz CT molecular complexity index is 414. The van der Waals surface area contributed by atoms with Gasteiger partial charge in [0.05, 0.1) is 5.56 Å². The predicted octanol–water partition coefficient (Wildman–Crippen LogP) is 0.968. The molecule has 2 rings (SSSR count). The van der Waals surface area contributed by atoms with E-state index in [9.17, 15) is 4.79 Å². The van der Waals surface area contributed by atoms with E-state index in [0.717, 1.165) is 12.8 Å². The molecule has 1 aliphatic heterocycles. The van der Waals surface area contributed by atoms with Crippen LogP contribution in [0.4, 0.5) is 5.82 Å². The summed E-state index contributed by atoms with van der Waals surface area (Å²) >= 11 is 0. The van der Waals surface area contributed by atoms with Crippen LogP contribution in [0.5, 0.6) is 0 Å². The van der Waals surface area contributed by atoms with Gasteiger partial charge in [0.1, 0.15) is 5.82 Å². The molecule has 2 N–H and O–H groups in total. The number of nitrogens with one attached hydrogen (secondary N) is 1. The van der Waals surface area contributed by atoms with Crippen molar-refractivity contribution < 1.29 is 9.90 Å². The summed E-state index contributed by atoms with van der Waals surface area (Å²) in [6, 6.07) is 3.56. The molecule has 0 aromatic carbocycles. The van der Waals surface area contributed by atoms with Crippen molar-refractivity contribution in [2.45, 2.75) is 12.8 Å². The Morgan fingerprint density at radius 2 is 2.28 bits per heavy atom. The van der Waals surface area contributed by atoms with Crippen molar-refractivity contribution in [3.8, 4) is 0 Å². The summed E-state index contributed by atoms with van der Waals surface area (Å²) in [7, 11) is 1.76. The Balaban J connectivity index is 2.08. The van der Waals surface area contributed by atoms with Crippen LogP contribution in [0, 0.1) is 5.92 Å². The first kappa shape index (κ1) is 12.8. The van der Waals surface area contributed by atoms with Crippen LogP contribution in [0.25, 0.3) is 0 Å². The average molecular weight is 249 g/mol. The smallest absolute Gasteiger partial charge is 0.257 e. The normalized spacial score (nSPS) is 16.7. The van der Waals surface area contributed by atoms with E-state index in [0.29, 0.717) is 30.4 Å². The molecule has 1 aromatic heterocycles. The summed E-state index contributed by atoms with van der Waals surface area (Å²) < 4.78 is 0. The van der Waals surface area contributed by atoms with E-state index in [-0.39, 0.29) is 12.5 Å². The highest BCUT2D eigenvalue weighted by Gasteiger charge is 2.24. The molecule has 0 spiro atoms. The van der Waals surface area contributed by atoms with Crippen LogP contribution in [0.15, 0.2) is 18.3 Å². The fraction of sp³-hybridized carbons (Fsp3) is 0.538. The molecule has 5 nitrogen and oxygen atoms in total. The number of nitrogens with zero attached hydrogens (tertiary/aromatic N) is 2. The van der Waals surface area contributed by atoms with Gasteiger partial charge in [-0.05, 0) is 30.9 Å². The summed E-state index contributed by atoms with van der Waals surface area (Å²) in [5.41, 5.74) is 0.613. The average Bonchev–Trinajstić information content (AvgIpc) is 2.46. The van der Waals surface area contributed by atoms with Gasteiger partial charge in [-0.15, -0.1) is 0 Å². The number of aliphatic hydroxyl groups excluding tert-OH is 1. The minimum absolute atomic E-state index is 0.0174. The number of pyridine rings is 1. The first-order valence-electron chi connectivity index (χ1n) is 6.29. The molecule has 18 heavy (non-hydrogen) atoms. The van der Waals surface area contributed by atoms with Gasteiger partial charge in [0.2, 0.25) is 0 Å². The molecule has 1 fully saturated rings. The van der Waals surface area contributed by atoms with Gasteiger partial charge >= 0.3 is 0 Å². The topological polar surface area (TPSA) is 65.5 Å². The van der Waals surface area contributed by atoms with Crippen LogP contribution < -0.4 is 5.32 Å². The zero-order valence-electron chi connectivity index (χ0n) is 10.6. The van der Waals surface area contributed by atoms with E-state index in [2.05, 4.69) is 10.3 Å². The van der Waals surface area contributed by atoms with E-state index < -0.39 is 0 Å². The highest BCUT2D eigenvalue weighted by Crippen LogP contribution is 2.20. The van der Waals surface area contributed by atoms with Crippen molar-refractivity contribution in [1.82, 2.24) is 9.88 Å². The molecule has 0 saturated carbocycles. The number of piperidine rings is 1. The second-order valence-electron chi connectivity index (χ2n) is 4.57. The van der Waals surface area contributed by atoms with Crippen LogP contribution in [0.3, 0.4) is 0 Å². The lowest BCUT2D eigenvalue weighted by molar-refractivity contribution is 0.0651. The Labute approximate surface area is 107 Å². The van der Waals surface area contributed by atoms with Gasteiger partial charge in [0.15, 0.2) is 0 Å². The molecule has 1 aromatic rings. The van der Waals surface area contributed by atoms with E-state index in [1.54, 1.807) is 25.4 Å². The second kappa shape index (κ2) is 5.82. The highest BCUT2D eigenvalue weighted by atomic mass is 16.3. The standard InChI is InChI=1S/C13H19N3O2/c1-14-12-11(3-2-6-15-12)13(18)16-7-4-10(9-17)5-8-16/h2-3,6,10,17H,4-5,7-9H2,1H3,(H,14,15). The number of likely N-dealkylation sites (tertiary alicyclic amines) is 1. The zero-order valence-corrected chi connectivity index (χ0v) is 10.6. The molecule has 1 amide bonds. The van der Waals surface area contributed by atoms with Crippen molar-refractivity contribution >= 4 is 11.7 Å². The molecule has 0 unspecified atom stereocenters. The lowest BCUT2D eigenvalue weighted by Crippen LogP contribution is -2.39. The molecule has 0 radical (unpaired) electrons. The van der Waals surface area contributed by atoms with Crippen molar-refractivity contribution in [1.29, 1.82) is 0 Å². The number of rotatable bonds is 3. The number of hydrogen-bond donors (Lipinski definition) is 2. The molecular weight excluding hydrogens is 230 g/mol. The van der Waals surface area contributed by atoms with Crippen molar-refractivity contribution in [2.24, 2.45) is 5.92 Å². The van der Waals surface area contributed by atoms with Crippen molar-refractivity contribution in [3.05, 3.63) is 23.9 Å². The third-order valence-corrected chi connectivity index (χ3v) is 3.43. The monoisotopic (exact) mass is 249 g/mol. The molecule has 98 valence electrons. The second-order valence-corrected chi connectivity index (χ2v) is 4.57. The number of carbonyl (C=O) groups is 1. The molecule has 1 saturated heterocycles. The molecule has 2 heterocycles. The predicted molar refractivity (Wildman–Crippen MR) is 69.5 cm³/mol. The summed E-state index contributed by atoms with van der Waals surface area (Å²) in [5.74, 6) is 0.974. The molecule has 0 aliphatic carbocycles. The summed E-state index contributed by atoms with van der Waals surface area (Å²) in [6.07, 6.45) is 3.41. The fourth-order valence-electron chi connectivity index (χ4n) is 2.27. The van der Waals surface area contributed by atoms with E-state index in [1.807, 2.05) is 4.90 Å². The first-order valence-corrected chi connectivity index (χ1v) is 6.29. The molecule has 1 aliphatic rings. The van der Waals surface area contributed by atoms with Crippen LogP contribution >= 0.6 is 0 Å². The van der Waals surface area contributed by atoms with Crippen molar-refractivity contribution in [3.63, 3.8) is 0 Å². The van der Waals surface area contributed by atoms with Gasteiger partial charge in [0, 0.05) is 32.9 Å². The van der Waals surface area contributed by atoms with E-state index in [1.165, 1.54) is 0 Å². The summed E-state index contributed by atoms with van der Waals surface area (Å²) in [5, 5.41) is 12.0. The van der Waals surface area contributed by atoms with Crippen LogP contribution in [0.1, 0.15) is 23.2 Å². The maximum Gasteiger partial charge on any atom is 0.257 e. The molecule has 5 heteroatoms. The molecule has 0 atom stereocenters. The van der Waals surface area contributed by atoms with Gasteiger partial charge in [0.25, 0.3) is 5.91 Å². The van der Waals surface area contributed by atoms with Gasteiger partial charge < -0.3 is 15.3 Å². The Hall–Kier alpha value is -1.62. The maximum atomic E-state index is 12.4.